The Morgan fingerprint density at radius 1 is 1.29 bits per heavy atom. The van der Waals surface area contributed by atoms with E-state index in [9.17, 15) is 0 Å². The van der Waals surface area contributed by atoms with Gasteiger partial charge >= 0.3 is 0 Å². The summed E-state index contributed by atoms with van der Waals surface area (Å²) in [5.74, 6) is 1.47. The third-order valence-electron chi connectivity index (χ3n) is 2.16. The lowest BCUT2D eigenvalue weighted by Gasteiger charge is -2.09. The summed E-state index contributed by atoms with van der Waals surface area (Å²) in [7, 11) is 0. The summed E-state index contributed by atoms with van der Waals surface area (Å²) in [6.45, 7) is 3.26. The van der Waals surface area contributed by atoms with E-state index < -0.39 is 0 Å². The first-order valence-corrected chi connectivity index (χ1v) is 4.61. The molecule has 1 aliphatic heterocycles. The third-order valence-corrected chi connectivity index (χ3v) is 2.16. The van der Waals surface area contributed by atoms with Crippen LogP contribution in [0.2, 0.25) is 0 Å². The summed E-state index contributed by atoms with van der Waals surface area (Å²) in [4.78, 5) is 0. The smallest absolute Gasteiger partial charge is 0.164 e. The lowest BCUT2D eigenvalue weighted by atomic mass is 10.1. The molecule has 2 rings (SSSR count). The second-order valence-electron chi connectivity index (χ2n) is 3.28. The Kier molecular flexibility index (Phi) is 2.28. The van der Waals surface area contributed by atoms with Crippen molar-refractivity contribution in [2.45, 2.75) is 13.3 Å². The van der Waals surface area contributed by atoms with E-state index in [1.54, 1.807) is 6.07 Å². The summed E-state index contributed by atoms with van der Waals surface area (Å²) in [6.07, 6.45) is 0.885. The number of ether oxygens (including phenoxy) is 2. The maximum atomic E-state index is 8.79. The van der Waals surface area contributed by atoms with E-state index in [2.05, 4.69) is 6.07 Å². The Hall–Kier alpha value is -1.69. The van der Waals surface area contributed by atoms with Crippen molar-refractivity contribution in [3.05, 3.63) is 23.3 Å². The summed E-state index contributed by atoms with van der Waals surface area (Å²) in [5, 5.41) is 8.79. The molecule has 0 saturated carbocycles. The molecule has 0 atom stereocenters. The molecule has 0 unspecified atom stereocenters. The molecule has 1 heterocycles. The number of aryl methyl sites for hydroxylation is 1. The zero-order valence-corrected chi connectivity index (χ0v) is 8.04. The van der Waals surface area contributed by atoms with Crippen LogP contribution >= 0.6 is 0 Å². The van der Waals surface area contributed by atoms with Crippen molar-refractivity contribution >= 4 is 0 Å². The second-order valence-corrected chi connectivity index (χ2v) is 3.28. The molecule has 14 heavy (non-hydrogen) atoms. The van der Waals surface area contributed by atoms with Crippen LogP contribution in [0.5, 0.6) is 11.5 Å². The molecule has 0 fully saturated rings. The Morgan fingerprint density at radius 2 is 2.07 bits per heavy atom. The lowest BCUT2D eigenvalue weighted by Crippen LogP contribution is -1.97. The Balaban J connectivity index is 2.50. The van der Waals surface area contributed by atoms with Gasteiger partial charge in [-0.15, -0.1) is 0 Å². The summed E-state index contributed by atoms with van der Waals surface area (Å²) < 4.78 is 11.0. The summed E-state index contributed by atoms with van der Waals surface area (Å²) >= 11 is 0. The first kappa shape index (κ1) is 8.89. The number of fused-ring (bicyclic) bond motifs is 1. The van der Waals surface area contributed by atoms with Gasteiger partial charge in [-0.25, -0.2) is 0 Å². The van der Waals surface area contributed by atoms with E-state index in [1.807, 2.05) is 13.0 Å². The average molecular weight is 189 g/mol. The number of nitrogens with zero attached hydrogens (tertiary/aromatic N) is 1. The predicted octanol–water partition coefficient (Wildman–Crippen LogP) is 2.03. The number of hydrogen-bond acceptors (Lipinski definition) is 3. The standard InChI is InChI=1S/C11H11NO2/c1-8-5-9(7-12)6-10-11(8)14-4-2-3-13-10/h5-6H,2-4H2,1H3. The fourth-order valence-electron chi connectivity index (χ4n) is 1.51. The van der Waals surface area contributed by atoms with Gasteiger partial charge in [-0.05, 0) is 18.6 Å². The van der Waals surface area contributed by atoms with Gasteiger partial charge in [0.25, 0.3) is 0 Å². The van der Waals surface area contributed by atoms with Gasteiger partial charge in [0.05, 0.1) is 24.8 Å². The molecule has 1 aromatic carbocycles. The van der Waals surface area contributed by atoms with Crippen LogP contribution in [0.3, 0.4) is 0 Å². The molecule has 0 N–H and O–H groups in total. The Bertz CT molecular complexity index is 393. The van der Waals surface area contributed by atoms with Crippen molar-refractivity contribution < 1.29 is 9.47 Å². The van der Waals surface area contributed by atoms with Gasteiger partial charge in [0, 0.05) is 12.5 Å². The minimum absolute atomic E-state index is 0.617. The average Bonchev–Trinajstić information content (AvgIpc) is 2.42. The van der Waals surface area contributed by atoms with Crippen LogP contribution < -0.4 is 9.47 Å². The quantitative estimate of drug-likeness (QED) is 0.627. The van der Waals surface area contributed by atoms with E-state index in [0.717, 1.165) is 17.7 Å². The number of nitriles is 1. The maximum Gasteiger partial charge on any atom is 0.164 e. The van der Waals surface area contributed by atoms with Gasteiger partial charge in [-0.2, -0.15) is 5.26 Å². The molecule has 1 aliphatic rings. The number of benzene rings is 1. The normalized spacial score (nSPS) is 14.3. The van der Waals surface area contributed by atoms with Crippen molar-refractivity contribution in [2.24, 2.45) is 0 Å². The van der Waals surface area contributed by atoms with Crippen LogP contribution in [0, 0.1) is 18.3 Å². The molecule has 3 heteroatoms. The van der Waals surface area contributed by atoms with Crippen LogP contribution in [0.1, 0.15) is 17.5 Å². The number of hydrogen-bond donors (Lipinski definition) is 0. The zero-order chi connectivity index (χ0) is 9.97. The van der Waals surface area contributed by atoms with Crippen LogP contribution in [0.4, 0.5) is 0 Å². The first-order chi connectivity index (χ1) is 6.81. The highest BCUT2D eigenvalue weighted by Crippen LogP contribution is 2.33. The van der Waals surface area contributed by atoms with E-state index in [4.69, 9.17) is 14.7 Å². The van der Waals surface area contributed by atoms with Crippen molar-refractivity contribution in [1.82, 2.24) is 0 Å². The van der Waals surface area contributed by atoms with Crippen LogP contribution in [-0.2, 0) is 0 Å². The summed E-state index contributed by atoms with van der Waals surface area (Å²) in [5.41, 5.74) is 1.58. The van der Waals surface area contributed by atoms with Crippen LogP contribution in [-0.4, -0.2) is 13.2 Å². The lowest BCUT2D eigenvalue weighted by molar-refractivity contribution is 0.296. The Morgan fingerprint density at radius 3 is 2.86 bits per heavy atom. The van der Waals surface area contributed by atoms with E-state index in [1.165, 1.54) is 0 Å². The molecule has 1 aromatic rings. The van der Waals surface area contributed by atoms with Crippen LogP contribution in [0.15, 0.2) is 12.1 Å². The maximum absolute atomic E-state index is 8.79. The molecule has 3 nitrogen and oxygen atoms in total. The Labute approximate surface area is 82.9 Å². The van der Waals surface area contributed by atoms with Crippen LogP contribution in [0.25, 0.3) is 0 Å². The highest BCUT2D eigenvalue weighted by molar-refractivity contribution is 5.52. The fraction of sp³-hybridized carbons (Fsp3) is 0.364. The van der Waals surface area contributed by atoms with Crippen molar-refractivity contribution in [1.29, 1.82) is 5.26 Å². The molecular formula is C11H11NO2. The molecule has 0 aromatic heterocycles. The SMILES string of the molecule is Cc1cc(C#N)cc2c1OCCCO2. The van der Waals surface area contributed by atoms with Gasteiger partial charge in [-0.3, -0.25) is 0 Å². The van der Waals surface area contributed by atoms with Crippen molar-refractivity contribution in [3.8, 4) is 17.6 Å². The minimum Gasteiger partial charge on any atom is -0.490 e. The van der Waals surface area contributed by atoms with E-state index in [0.29, 0.717) is 24.5 Å². The minimum atomic E-state index is 0.617. The second kappa shape index (κ2) is 3.59. The third kappa shape index (κ3) is 1.51. The van der Waals surface area contributed by atoms with Crippen molar-refractivity contribution in [3.63, 3.8) is 0 Å². The molecule has 0 spiro atoms. The molecular weight excluding hydrogens is 178 g/mol. The van der Waals surface area contributed by atoms with E-state index >= 15 is 0 Å². The molecule has 0 bridgehead atoms. The van der Waals surface area contributed by atoms with Gasteiger partial charge in [0.15, 0.2) is 11.5 Å². The molecule has 0 radical (unpaired) electrons. The highest BCUT2D eigenvalue weighted by atomic mass is 16.5. The molecule has 72 valence electrons. The predicted molar refractivity (Wildman–Crippen MR) is 51.5 cm³/mol. The van der Waals surface area contributed by atoms with Gasteiger partial charge < -0.3 is 9.47 Å². The van der Waals surface area contributed by atoms with Gasteiger partial charge in [0.1, 0.15) is 0 Å². The van der Waals surface area contributed by atoms with Crippen molar-refractivity contribution in [2.75, 3.05) is 13.2 Å². The zero-order valence-electron chi connectivity index (χ0n) is 8.04. The van der Waals surface area contributed by atoms with Gasteiger partial charge in [0.2, 0.25) is 0 Å². The molecule has 0 saturated heterocycles. The summed E-state index contributed by atoms with van der Waals surface area (Å²) in [6, 6.07) is 5.65. The fourth-order valence-corrected chi connectivity index (χ4v) is 1.51. The topological polar surface area (TPSA) is 42.2 Å². The van der Waals surface area contributed by atoms with Gasteiger partial charge in [-0.1, -0.05) is 0 Å². The number of rotatable bonds is 0. The molecule has 0 aliphatic carbocycles. The highest BCUT2D eigenvalue weighted by Gasteiger charge is 2.13. The van der Waals surface area contributed by atoms with E-state index in [-0.39, 0.29) is 0 Å². The molecule has 0 amide bonds. The monoisotopic (exact) mass is 189 g/mol. The largest absolute Gasteiger partial charge is 0.490 e. The first-order valence-electron chi connectivity index (χ1n) is 4.61.